The van der Waals surface area contributed by atoms with Crippen molar-refractivity contribution in [3.8, 4) is 0 Å². The van der Waals surface area contributed by atoms with Crippen molar-refractivity contribution in [2.45, 2.75) is 17.6 Å². The fraction of sp³-hybridized carbons (Fsp3) is 0.111. The third-order valence-electron chi connectivity index (χ3n) is 3.31. The lowest BCUT2D eigenvalue weighted by Gasteiger charge is -2.08. The number of nitrogens with zero attached hydrogens (tertiary/aromatic N) is 2. The SMILES string of the molecule is Cc1cc(Nc2cccc(CS(=O)c3ccccc3)c2)ncn1. The average molecular weight is 323 g/mol. The number of aryl methyl sites for hydroxylation is 1. The van der Waals surface area contributed by atoms with Gasteiger partial charge in [-0.15, -0.1) is 0 Å². The Kier molecular flexibility index (Phi) is 4.78. The zero-order valence-corrected chi connectivity index (χ0v) is 13.6. The Morgan fingerprint density at radius 2 is 1.83 bits per heavy atom. The molecule has 4 nitrogen and oxygen atoms in total. The van der Waals surface area contributed by atoms with Gasteiger partial charge in [0.15, 0.2) is 0 Å². The molecule has 0 aliphatic carbocycles. The number of hydrogen-bond acceptors (Lipinski definition) is 4. The van der Waals surface area contributed by atoms with Crippen molar-refractivity contribution < 1.29 is 4.21 Å². The molecule has 1 atom stereocenters. The molecule has 0 aliphatic heterocycles. The highest BCUT2D eigenvalue weighted by atomic mass is 32.2. The van der Waals surface area contributed by atoms with E-state index < -0.39 is 10.8 Å². The van der Waals surface area contributed by atoms with Crippen LogP contribution in [0.2, 0.25) is 0 Å². The van der Waals surface area contributed by atoms with Crippen LogP contribution in [0.5, 0.6) is 0 Å². The van der Waals surface area contributed by atoms with Gasteiger partial charge in [-0.05, 0) is 36.8 Å². The Balaban J connectivity index is 1.74. The predicted molar refractivity (Wildman–Crippen MR) is 93.0 cm³/mol. The normalized spacial score (nSPS) is 11.9. The van der Waals surface area contributed by atoms with Crippen LogP contribution in [0, 0.1) is 6.92 Å². The van der Waals surface area contributed by atoms with Crippen LogP contribution in [0.4, 0.5) is 11.5 Å². The number of anilines is 2. The van der Waals surface area contributed by atoms with Gasteiger partial charge in [-0.3, -0.25) is 4.21 Å². The van der Waals surface area contributed by atoms with Crippen molar-refractivity contribution in [1.82, 2.24) is 9.97 Å². The molecular formula is C18H17N3OS. The van der Waals surface area contributed by atoms with Gasteiger partial charge in [0.05, 0.1) is 16.6 Å². The molecule has 3 rings (SSSR count). The molecule has 0 radical (unpaired) electrons. The standard InChI is InChI=1S/C18H17N3OS/c1-14-10-18(20-13-19-14)21-16-7-5-6-15(11-16)12-23(22)17-8-3-2-4-9-17/h2-11,13H,12H2,1H3,(H,19,20,21). The summed E-state index contributed by atoms with van der Waals surface area (Å²) in [5.41, 5.74) is 2.84. The quantitative estimate of drug-likeness (QED) is 0.775. The molecule has 5 heteroatoms. The maximum absolute atomic E-state index is 12.4. The Labute approximate surface area is 138 Å². The van der Waals surface area contributed by atoms with Crippen LogP contribution in [0.15, 0.2) is 71.9 Å². The van der Waals surface area contributed by atoms with Gasteiger partial charge in [0.1, 0.15) is 12.1 Å². The van der Waals surface area contributed by atoms with Crippen molar-refractivity contribution in [2.75, 3.05) is 5.32 Å². The lowest BCUT2D eigenvalue weighted by Crippen LogP contribution is -1.99. The summed E-state index contributed by atoms with van der Waals surface area (Å²) in [7, 11) is -1.05. The van der Waals surface area contributed by atoms with E-state index in [4.69, 9.17) is 0 Å². The average Bonchev–Trinajstić information content (AvgIpc) is 2.56. The van der Waals surface area contributed by atoms with Crippen molar-refractivity contribution in [2.24, 2.45) is 0 Å². The summed E-state index contributed by atoms with van der Waals surface area (Å²) in [6, 6.07) is 19.3. The zero-order valence-electron chi connectivity index (χ0n) is 12.8. The molecule has 0 spiro atoms. The maximum atomic E-state index is 12.4. The second-order valence-electron chi connectivity index (χ2n) is 5.17. The van der Waals surface area contributed by atoms with Gasteiger partial charge in [0.2, 0.25) is 0 Å². The number of aromatic nitrogens is 2. The number of hydrogen-bond donors (Lipinski definition) is 1. The molecule has 1 heterocycles. The van der Waals surface area contributed by atoms with Gasteiger partial charge in [0, 0.05) is 22.3 Å². The fourth-order valence-electron chi connectivity index (χ4n) is 2.22. The number of nitrogens with one attached hydrogen (secondary N) is 1. The van der Waals surface area contributed by atoms with E-state index in [1.807, 2.05) is 67.6 Å². The van der Waals surface area contributed by atoms with Gasteiger partial charge in [0.25, 0.3) is 0 Å². The van der Waals surface area contributed by atoms with Gasteiger partial charge in [-0.1, -0.05) is 30.3 Å². The second-order valence-corrected chi connectivity index (χ2v) is 6.62. The highest BCUT2D eigenvalue weighted by Crippen LogP contribution is 2.18. The van der Waals surface area contributed by atoms with E-state index in [0.29, 0.717) is 5.75 Å². The van der Waals surface area contributed by atoms with E-state index in [1.165, 1.54) is 6.33 Å². The van der Waals surface area contributed by atoms with Gasteiger partial charge in [-0.25, -0.2) is 9.97 Å². The largest absolute Gasteiger partial charge is 0.340 e. The third kappa shape index (κ3) is 4.23. The summed E-state index contributed by atoms with van der Waals surface area (Å²) < 4.78 is 12.4. The molecule has 3 aromatic rings. The topological polar surface area (TPSA) is 54.9 Å². The Morgan fingerprint density at radius 1 is 1.00 bits per heavy atom. The van der Waals surface area contributed by atoms with Crippen LogP contribution in [0.1, 0.15) is 11.3 Å². The van der Waals surface area contributed by atoms with E-state index in [2.05, 4.69) is 15.3 Å². The number of benzene rings is 2. The maximum Gasteiger partial charge on any atom is 0.133 e. The van der Waals surface area contributed by atoms with E-state index in [9.17, 15) is 4.21 Å². The van der Waals surface area contributed by atoms with E-state index >= 15 is 0 Å². The Bertz CT molecular complexity index is 821. The first-order valence-corrected chi connectivity index (χ1v) is 8.60. The summed E-state index contributed by atoms with van der Waals surface area (Å²) in [5.74, 6) is 1.24. The van der Waals surface area contributed by atoms with Crippen LogP contribution in [0.3, 0.4) is 0 Å². The molecule has 0 saturated heterocycles. The second kappa shape index (κ2) is 7.15. The molecule has 1 aromatic heterocycles. The molecule has 0 bridgehead atoms. The molecular weight excluding hydrogens is 306 g/mol. The first kappa shape index (κ1) is 15.4. The molecule has 1 N–H and O–H groups in total. The molecule has 2 aromatic carbocycles. The predicted octanol–water partition coefficient (Wildman–Crippen LogP) is 3.84. The summed E-state index contributed by atoms with van der Waals surface area (Å²) in [6.07, 6.45) is 1.53. The van der Waals surface area contributed by atoms with Crippen LogP contribution < -0.4 is 5.32 Å². The van der Waals surface area contributed by atoms with Crippen LogP contribution in [-0.4, -0.2) is 14.2 Å². The summed E-state index contributed by atoms with van der Waals surface area (Å²) in [4.78, 5) is 9.12. The lowest BCUT2D eigenvalue weighted by molar-refractivity contribution is 0.682. The smallest absolute Gasteiger partial charge is 0.133 e. The van der Waals surface area contributed by atoms with Crippen LogP contribution >= 0.6 is 0 Å². The molecule has 0 saturated carbocycles. The minimum atomic E-state index is -1.05. The molecule has 23 heavy (non-hydrogen) atoms. The number of rotatable bonds is 5. The van der Waals surface area contributed by atoms with Gasteiger partial charge in [-0.2, -0.15) is 0 Å². The third-order valence-corrected chi connectivity index (χ3v) is 4.70. The minimum Gasteiger partial charge on any atom is -0.340 e. The highest BCUT2D eigenvalue weighted by molar-refractivity contribution is 7.84. The molecule has 0 fully saturated rings. The molecule has 1 unspecified atom stereocenters. The van der Waals surface area contributed by atoms with E-state index in [-0.39, 0.29) is 0 Å². The molecule has 0 aliphatic rings. The van der Waals surface area contributed by atoms with Crippen LogP contribution in [0.25, 0.3) is 0 Å². The summed E-state index contributed by atoms with van der Waals surface area (Å²) >= 11 is 0. The summed E-state index contributed by atoms with van der Waals surface area (Å²) in [6.45, 7) is 1.92. The minimum absolute atomic E-state index is 0.488. The molecule has 0 amide bonds. The molecule has 116 valence electrons. The van der Waals surface area contributed by atoms with Crippen molar-refractivity contribution in [3.63, 3.8) is 0 Å². The zero-order chi connectivity index (χ0) is 16.1. The summed E-state index contributed by atoms with van der Waals surface area (Å²) in [5, 5.41) is 3.25. The Morgan fingerprint density at radius 3 is 2.61 bits per heavy atom. The van der Waals surface area contributed by atoms with Crippen molar-refractivity contribution in [1.29, 1.82) is 0 Å². The van der Waals surface area contributed by atoms with E-state index in [1.54, 1.807) is 0 Å². The first-order valence-electron chi connectivity index (χ1n) is 7.29. The van der Waals surface area contributed by atoms with Crippen molar-refractivity contribution in [3.05, 3.63) is 78.2 Å². The van der Waals surface area contributed by atoms with E-state index in [0.717, 1.165) is 27.7 Å². The first-order chi connectivity index (χ1) is 11.2. The van der Waals surface area contributed by atoms with Crippen LogP contribution in [-0.2, 0) is 16.6 Å². The Hall–Kier alpha value is -2.53. The van der Waals surface area contributed by atoms with Gasteiger partial charge < -0.3 is 5.32 Å². The fourth-order valence-corrected chi connectivity index (χ4v) is 3.33. The lowest BCUT2D eigenvalue weighted by atomic mass is 10.2. The van der Waals surface area contributed by atoms with Gasteiger partial charge >= 0.3 is 0 Å². The highest BCUT2D eigenvalue weighted by Gasteiger charge is 2.05. The monoisotopic (exact) mass is 323 g/mol. The van der Waals surface area contributed by atoms with Crippen molar-refractivity contribution >= 4 is 22.3 Å².